The molecule has 0 aliphatic rings. The van der Waals surface area contributed by atoms with Crippen LogP contribution in [0.4, 0.5) is 5.69 Å². The Labute approximate surface area is 154 Å². The number of esters is 1. The van der Waals surface area contributed by atoms with Crippen LogP contribution in [0.3, 0.4) is 0 Å². The van der Waals surface area contributed by atoms with Gasteiger partial charge in [-0.3, -0.25) is 4.79 Å². The summed E-state index contributed by atoms with van der Waals surface area (Å²) < 4.78 is 7.11. The summed E-state index contributed by atoms with van der Waals surface area (Å²) in [7, 11) is 0. The summed E-state index contributed by atoms with van der Waals surface area (Å²) in [5.74, 6) is -1.07. The molecule has 0 aliphatic carbocycles. The lowest BCUT2D eigenvalue weighted by molar-refractivity contribution is -0.123. The van der Waals surface area contributed by atoms with E-state index in [2.05, 4.69) is 5.32 Å². The van der Waals surface area contributed by atoms with Gasteiger partial charge in [-0.25, -0.2) is 4.79 Å². The monoisotopic (exact) mass is 365 g/mol. The number of ether oxygens (including phenoxy) is 1. The summed E-state index contributed by atoms with van der Waals surface area (Å²) in [6, 6.07) is 14.2. The second kappa shape index (κ2) is 7.68. The molecule has 0 aliphatic heterocycles. The first-order valence-electron chi connectivity index (χ1n) is 7.82. The van der Waals surface area contributed by atoms with Crippen LogP contribution in [0, 0.1) is 11.3 Å². The minimum Gasteiger partial charge on any atom is -0.448 e. The van der Waals surface area contributed by atoms with Crippen LogP contribution in [0.25, 0.3) is 5.69 Å². The summed E-state index contributed by atoms with van der Waals surface area (Å²) in [4.78, 5) is 25.2. The molecule has 0 saturated heterocycles. The van der Waals surface area contributed by atoms with Crippen LogP contribution in [0.2, 0.25) is 0 Å². The van der Waals surface area contributed by atoms with Gasteiger partial charge in [0.25, 0.3) is 5.91 Å². The Morgan fingerprint density at radius 2 is 1.92 bits per heavy atom. The normalized spacial score (nSPS) is 11.4. The van der Waals surface area contributed by atoms with E-state index >= 15 is 0 Å². The highest BCUT2D eigenvalue weighted by Crippen LogP contribution is 2.23. The molecule has 2 heterocycles. The fourth-order valence-corrected chi connectivity index (χ4v) is 3.12. The molecule has 7 heteroatoms. The molecule has 130 valence electrons. The van der Waals surface area contributed by atoms with Gasteiger partial charge in [-0.2, -0.15) is 5.26 Å². The van der Waals surface area contributed by atoms with Gasteiger partial charge in [-0.15, -0.1) is 11.3 Å². The maximum Gasteiger partial charge on any atom is 0.351 e. The lowest BCUT2D eigenvalue weighted by Gasteiger charge is -2.14. The van der Waals surface area contributed by atoms with Gasteiger partial charge in [0.15, 0.2) is 6.10 Å². The van der Waals surface area contributed by atoms with Crippen molar-refractivity contribution in [2.24, 2.45) is 0 Å². The number of aromatic nitrogens is 1. The van der Waals surface area contributed by atoms with Gasteiger partial charge in [0.2, 0.25) is 0 Å². The minimum atomic E-state index is -1.01. The highest BCUT2D eigenvalue weighted by atomic mass is 32.1. The number of hydrogen-bond donors (Lipinski definition) is 1. The van der Waals surface area contributed by atoms with Gasteiger partial charge >= 0.3 is 5.97 Å². The molecule has 6 nitrogen and oxygen atoms in total. The molecule has 1 unspecified atom stereocenters. The number of para-hydroxylation sites is 1. The third kappa shape index (κ3) is 3.66. The number of anilines is 1. The van der Waals surface area contributed by atoms with Crippen molar-refractivity contribution < 1.29 is 14.3 Å². The Balaban J connectivity index is 1.69. The van der Waals surface area contributed by atoms with E-state index in [0.717, 1.165) is 0 Å². The van der Waals surface area contributed by atoms with Crippen molar-refractivity contribution in [2.45, 2.75) is 13.0 Å². The highest BCUT2D eigenvalue weighted by Gasteiger charge is 2.23. The third-order valence-corrected chi connectivity index (χ3v) is 4.55. The number of nitriles is 1. The van der Waals surface area contributed by atoms with Crippen molar-refractivity contribution in [1.82, 2.24) is 4.57 Å². The van der Waals surface area contributed by atoms with Gasteiger partial charge in [-0.05, 0) is 42.6 Å². The molecular formula is C19H15N3O3S. The van der Waals surface area contributed by atoms with Gasteiger partial charge in [-0.1, -0.05) is 12.1 Å². The Kier molecular flexibility index (Phi) is 5.15. The van der Waals surface area contributed by atoms with E-state index in [-0.39, 0.29) is 0 Å². The topological polar surface area (TPSA) is 84.1 Å². The molecule has 1 aromatic carbocycles. The van der Waals surface area contributed by atoms with E-state index in [1.165, 1.54) is 18.3 Å². The maximum absolute atomic E-state index is 12.5. The molecule has 0 saturated carbocycles. The van der Waals surface area contributed by atoms with E-state index in [1.54, 1.807) is 34.2 Å². The number of benzene rings is 1. The van der Waals surface area contributed by atoms with Crippen LogP contribution >= 0.6 is 11.3 Å². The van der Waals surface area contributed by atoms with Crippen LogP contribution in [-0.4, -0.2) is 22.5 Å². The van der Waals surface area contributed by atoms with Crippen molar-refractivity contribution in [1.29, 1.82) is 5.26 Å². The number of carbonyl (C=O) groups excluding carboxylic acids is 2. The first kappa shape index (κ1) is 17.5. The van der Waals surface area contributed by atoms with Gasteiger partial charge in [0.05, 0.1) is 16.9 Å². The molecule has 3 aromatic rings. The van der Waals surface area contributed by atoms with Crippen LogP contribution in [0.5, 0.6) is 0 Å². The number of nitrogens with one attached hydrogen (secondary N) is 1. The maximum atomic E-state index is 12.5. The first-order valence-corrected chi connectivity index (χ1v) is 8.70. The van der Waals surface area contributed by atoms with Crippen molar-refractivity contribution in [3.63, 3.8) is 0 Å². The molecule has 2 aromatic heterocycles. The third-order valence-electron chi connectivity index (χ3n) is 3.67. The van der Waals surface area contributed by atoms with Crippen molar-refractivity contribution >= 4 is 28.9 Å². The number of hydrogen-bond acceptors (Lipinski definition) is 5. The summed E-state index contributed by atoms with van der Waals surface area (Å²) in [5.41, 5.74) is 1.42. The lowest BCUT2D eigenvalue weighted by Crippen LogP contribution is -2.30. The second-order valence-electron chi connectivity index (χ2n) is 5.42. The molecule has 0 fully saturated rings. The number of carbonyl (C=O) groups is 2. The number of amides is 1. The Bertz CT molecular complexity index is 970. The molecule has 1 N–H and O–H groups in total. The summed E-state index contributed by atoms with van der Waals surface area (Å²) in [5, 5.41) is 13.5. The van der Waals surface area contributed by atoms with Crippen LogP contribution in [0.15, 0.2) is 60.2 Å². The van der Waals surface area contributed by atoms with Crippen LogP contribution in [-0.2, 0) is 9.53 Å². The van der Waals surface area contributed by atoms with E-state index in [1.807, 2.05) is 36.7 Å². The smallest absolute Gasteiger partial charge is 0.351 e. The first-order chi connectivity index (χ1) is 12.6. The standard InChI is InChI=1S/C19H15N3O3S/c1-13(18(23)21-15-7-3-2-6-14(15)12-20)25-19(24)17-16(8-11-26-17)22-9-4-5-10-22/h2-11,13H,1H3,(H,21,23). The van der Waals surface area contributed by atoms with Gasteiger partial charge in [0.1, 0.15) is 10.9 Å². The van der Waals surface area contributed by atoms with Gasteiger partial charge < -0.3 is 14.6 Å². The lowest BCUT2D eigenvalue weighted by atomic mass is 10.2. The summed E-state index contributed by atoms with van der Waals surface area (Å²) >= 11 is 1.25. The Morgan fingerprint density at radius 3 is 2.65 bits per heavy atom. The zero-order valence-corrected chi connectivity index (χ0v) is 14.7. The molecule has 1 amide bonds. The summed E-state index contributed by atoms with van der Waals surface area (Å²) in [6.45, 7) is 1.49. The molecule has 0 spiro atoms. The zero-order chi connectivity index (χ0) is 18.5. The number of rotatable bonds is 5. The van der Waals surface area contributed by atoms with E-state index in [9.17, 15) is 9.59 Å². The Hall–Kier alpha value is -3.37. The fraction of sp³-hybridized carbons (Fsp3) is 0.105. The fourth-order valence-electron chi connectivity index (χ4n) is 2.35. The van der Waals surface area contributed by atoms with Crippen molar-refractivity contribution in [2.75, 3.05) is 5.32 Å². The average Bonchev–Trinajstić information content (AvgIpc) is 3.33. The van der Waals surface area contributed by atoms with E-state index in [4.69, 9.17) is 10.00 Å². The van der Waals surface area contributed by atoms with Crippen LogP contribution in [0.1, 0.15) is 22.2 Å². The van der Waals surface area contributed by atoms with Gasteiger partial charge in [0, 0.05) is 12.4 Å². The molecule has 3 rings (SSSR count). The molecule has 0 bridgehead atoms. The Morgan fingerprint density at radius 1 is 1.19 bits per heavy atom. The second-order valence-corrected chi connectivity index (χ2v) is 6.34. The predicted octanol–water partition coefficient (Wildman–Crippen LogP) is 3.59. The molecule has 26 heavy (non-hydrogen) atoms. The molecule has 0 radical (unpaired) electrons. The zero-order valence-electron chi connectivity index (χ0n) is 13.9. The summed E-state index contributed by atoms with van der Waals surface area (Å²) in [6.07, 6.45) is 2.65. The highest BCUT2D eigenvalue weighted by molar-refractivity contribution is 7.12. The average molecular weight is 365 g/mol. The van der Waals surface area contributed by atoms with Crippen LogP contribution < -0.4 is 5.32 Å². The van der Waals surface area contributed by atoms with Crippen molar-refractivity contribution in [3.8, 4) is 11.8 Å². The molecule has 1 atom stereocenters. The van der Waals surface area contributed by atoms with Crippen molar-refractivity contribution in [3.05, 3.63) is 70.7 Å². The van der Waals surface area contributed by atoms with E-state index < -0.39 is 18.0 Å². The van der Waals surface area contributed by atoms with E-state index in [0.29, 0.717) is 21.8 Å². The SMILES string of the molecule is CC(OC(=O)c1sccc1-n1cccc1)C(=O)Nc1ccccc1C#N. The minimum absolute atomic E-state index is 0.340. The largest absolute Gasteiger partial charge is 0.448 e. The quantitative estimate of drug-likeness (QED) is 0.700. The molecular weight excluding hydrogens is 350 g/mol. The number of nitrogens with zero attached hydrogens (tertiary/aromatic N) is 2. The number of thiophene rings is 1. The predicted molar refractivity (Wildman–Crippen MR) is 98.3 cm³/mol.